The molecule has 10 heteroatoms. The first-order valence-electron chi connectivity index (χ1n) is 11.5. The summed E-state index contributed by atoms with van der Waals surface area (Å²) in [6.45, 7) is 1.77. The highest BCUT2D eigenvalue weighted by Gasteiger charge is 2.30. The number of nitrogens with zero attached hydrogens (tertiary/aromatic N) is 5. The molecule has 1 fully saturated rings. The molecule has 4 heterocycles. The van der Waals surface area contributed by atoms with Crippen LogP contribution in [0.5, 0.6) is 0 Å². The number of carbonyl (C=O) groups is 1. The van der Waals surface area contributed by atoms with E-state index in [0.717, 1.165) is 43.2 Å². The summed E-state index contributed by atoms with van der Waals surface area (Å²) < 4.78 is 40.3. The summed E-state index contributed by atoms with van der Waals surface area (Å²) >= 11 is 0. The Labute approximate surface area is 205 Å². The second-order valence-electron chi connectivity index (χ2n) is 8.59. The second kappa shape index (κ2) is 9.80. The van der Waals surface area contributed by atoms with Crippen LogP contribution in [0.25, 0.3) is 5.69 Å². The maximum absolute atomic E-state index is 13.0. The van der Waals surface area contributed by atoms with Crippen LogP contribution in [0.15, 0.2) is 79.3 Å². The van der Waals surface area contributed by atoms with Crippen LogP contribution in [0, 0.1) is 0 Å². The third-order valence-electron chi connectivity index (χ3n) is 6.11. The third kappa shape index (κ3) is 5.22. The van der Waals surface area contributed by atoms with E-state index in [2.05, 4.69) is 25.3 Å². The zero-order valence-electron chi connectivity index (χ0n) is 19.2. The minimum Gasteiger partial charge on any atom is -0.356 e. The van der Waals surface area contributed by atoms with Crippen LogP contribution in [0.2, 0.25) is 0 Å². The summed E-state index contributed by atoms with van der Waals surface area (Å²) in [5.41, 5.74) is 1.53. The Bertz CT molecular complexity index is 1360. The highest BCUT2D eigenvalue weighted by Crippen LogP contribution is 2.30. The molecule has 0 spiro atoms. The molecule has 1 aliphatic rings. The number of rotatable bonds is 6. The minimum atomic E-state index is -4.43. The molecule has 0 bridgehead atoms. The van der Waals surface area contributed by atoms with Gasteiger partial charge >= 0.3 is 6.18 Å². The molecule has 1 aliphatic heterocycles. The predicted molar refractivity (Wildman–Crippen MR) is 128 cm³/mol. The van der Waals surface area contributed by atoms with Gasteiger partial charge in [0.15, 0.2) is 0 Å². The molecular formula is C26H23F3N6O. The van der Waals surface area contributed by atoms with E-state index in [1.54, 1.807) is 24.5 Å². The van der Waals surface area contributed by atoms with E-state index in [-0.39, 0.29) is 18.1 Å². The first-order chi connectivity index (χ1) is 17.4. The van der Waals surface area contributed by atoms with Crippen molar-refractivity contribution in [1.82, 2.24) is 25.1 Å². The lowest BCUT2D eigenvalue weighted by Gasteiger charge is -2.18. The zero-order valence-corrected chi connectivity index (χ0v) is 19.2. The molecular weight excluding hydrogens is 469 g/mol. The molecule has 0 saturated carbocycles. The molecule has 1 unspecified atom stereocenters. The number of aromatic nitrogens is 4. The fraction of sp³-hybridized carbons (Fsp3) is 0.231. The average molecular weight is 493 g/mol. The van der Waals surface area contributed by atoms with Gasteiger partial charge < -0.3 is 10.2 Å². The highest BCUT2D eigenvalue weighted by atomic mass is 19.4. The Kier molecular flexibility index (Phi) is 6.41. The molecule has 1 atom stereocenters. The Morgan fingerprint density at radius 1 is 1.08 bits per heavy atom. The normalized spacial score (nSPS) is 15.8. The van der Waals surface area contributed by atoms with Crippen molar-refractivity contribution in [2.24, 2.45) is 0 Å². The summed E-state index contributed by atoms with van der Waals surface area (Å²) in [6.07, 6.45) is 1.42. The summed E-state index contributed by atoms with van der Waals surface area (Å²) in [6, 6.07) is 16.2. The number of nitrogens with one attached hydrogen (secondary N) is 1. The topological polar surface area (TPSA) is 75.9 Å². The Balaban J connectivity index is 1.21. The van der Waals surface area contributed by atoms with Crippen molar-refractivity contribution in [3.8, 4) is 5.69 Å². The maximum atomic E-state index is 13.0. The molecule has 1 saturated heterocycles. The Hall–Kier alpha value is -4.21. The molecule has 0 radical (unpaired) electrons. The van der Waals surface area contributed by atoms with Gasteiger partial charge in [-0.3, -0.25) is 9.78 Å². The second-order valence-corrected chi connectivity index (χ2v) is 8.59. The van der Waals surface area contributed by atoms with Gasteiger partial charge in [-0.05, 0) is 48.9 Å². The van der Waals surface area contributed by atoms with Gasteiger partial charge in [0.05, 0.1) is 17.4 Å². The molecule has 184 valence electrons. The number of halogens is 3. The molecule has 36 heavy (non-hydrogen) atoms. The van der Waals surface area contributed by atoms with E-state index in [1.807, 2.05) is 24.3 Å². The lowest BCUT2D eigenvalue weighted by Crippen LogP contribution is -2.26. The quantitative estimate of drug-likeness (QED) is 0.426. The highest BCUT2D eigenvalue weighted by molar-refractivity contribution is 5.92. The van der Waals surface area contributed by atoms with Crippen LogP contribution < -0.4 is 10.2 Å². The molecule has 4 aromatic rings. The fourth-order valence-electron chi connectivity index (χ4n) is 4.24. The number of carbonyl (C=O) groups excluding carboxylic acids is 1. The van der Waals surface area contributed by atoms with Crippen LogP contribution in [-0.4, -0.2) is 38.7 Å². The zero-order chi connectivity index (χ0) is 25.1. The van der Waals surface area contributed by atoms with Crippen molar-refractivity contribution in [3.05, 3.63) is 102 Å². The minimum absolute atomic E-state index is 0.162. The van der Waals surface area contributed by atoms with Gasteiger partial charge in [0, 0.05) is 49.2 Å². The lowest BCUT2D eigenvalue weighted by atomic mass is 10.0. The summed E-state index contributed by atoms with van der Waals surface area (Å²) in [7, 11) is 0. The van der Waals surface area contributed by atoms with Gasteiger partial charge in [-0.15, -0.1) is 0 Å². The number of anilines is 1. The number of hydrogen-bond donors (Lipinski definition) is 1. The third-order valence-corrected chi connectivity index (χ3v) is 6.11. The van der Waals surface area contributed by atoms with Gasteiger partial charge in [0.2, 0.25) is 0 Å². The standard InChI is InChI=1S/C26H23F3N6O/c27-26(28,29)20-5-3-6-21(13-20)35-16-18(15-32-35)14-31-25(36)23-8-4-9-24(33-23)34-12-10-19(17-34)22-7-1-2-11-30-22/h1-9,11,13,15-16,19H,10,12,14,17H2,(H,31,36). The Morgan fingerprint density at radius 3 is 2.75 bits per heavy atom. The summed E-state index contributed by atoms with van der Waals surface area (Å²) in [5.74, 6) is 0.710. The van der Waals surface area contributed by atoms with E-state index in [4.69, 9.17) is 0 Å². The molecule has 0 aliphatic carbocycles. The molecule has 3 aromatic heterocycles. The van der Waals surface area contributed by atoms with Gasteiger partial charge in [-0.25, -0.2) is 9.67 Å². The van der Waals surface area contributed by atoms with E-state index in [9.17, 15) is 18.0 Å². The van der Waals surface area contributed by atoms with Crippen LogP contribution in [-0.2, 0) is 12.7 Å². The van der Waals surface area contributed by atoms with Gasteiger partial charge in [-0.1, -0.05) is 18.2 Å². The van der Waals surface area contributed by atoms with Crippen LogP contribution in [0.3, 0.4) is 0 Å². The maximum Gasteiger partial charge on any atom is 0.416 e. The van der Waals surface area contributed by atoms with Crippen LogP contribution in [0.4, 0.5) is 19.0 Å². The van der Waals surface area contributed by atoms with E-state index < -0.39 is 11.7 Å². The smallest absolute Gasteiger partial charge is 0.356 e. The SMILES string of the molecule is O=C(NCc1cnn(-c2cccc(C(F)(F)F)c2)c1)c1cccc(N2CCC(c3ccccn3)C2)n1. The largest absolute Gasteiger partial charge is 0.416 e. The number of alkyl halides is 3. The number of hydrogen-bond acceptors (Lipinski definition) is 5. The summed E-state index contributed by atoms with van der Waals surface area (Å²) in [5, 5.41) is 6.93. The lowest BCUT2D eigenvalue weighted by molar-refractivity contribution is -0.137. The predicted octanol–water partition coefficient (Wildman–Crippen LogP) is 4.61. The number of amides is 1. The van der Waals surface area contributed by atoms with Gasteiger partial charge in [0.25, 0.3) is 5.91 Å². The van der Waals surface area contributed by atoms with Gasteiger partial charge in [-0.2, -0.15) is 18.3 Å². The molecule has 1 aromatic carbocycles. The first kappa shape index (κ1) is 23.5. The van der Waals surface area contributed by atoms with Gasteiger partial charge in [0.1, 0.15) is 11.5 Å². The number of pyridine rings is 2. The van der Waals surface area contributed by atoms with Crippen molar-refractivity contribution < 1.29 is 18.0 Å². The van der Waals surface area contributed by atoms with Crippen molar-refractivity contribution >= 4 is 11.7 Å². The van der Waals surface area contributed by atoms with E-state index in [0.29, 0.717) is 17.2 Å². The molecule has 1 amide bonds. The van der Waals surface area contributed by atoms with Crippen molar-refractivity contribution in [1.29, 1.82) is 0 Å². The fourth-order valence-corrected chi connectivity index (χ4v) is 4.24. The molecule has 7 nitrogen and oxygen atoms in total. The first-order valence-corrected chi connectivity index (χ1v) is 11.5. The molecule has 5 rings (SSSR count). The average Bonchev–Trinajstić information content (AvgIpc) is 3.58. The van der Waals surface area contributed by atoms with Crippen molar-refractivity contribution in [2.75, 3.05) is 18.0 Å². The number of benzene rings is 1. The summed E-state index contributed by atoms with van der Waals surface area (Å²) in [4.78, 5) is 23.9. The van der Waals surface area contributed by atoms with Crippen LogP contribution >= 0.6 is 0 Å². The van der Waals surface area contributed by atoms with Crippen molar-refractivity contribution in [2.45, 2.75) is 25.1 Å². The monoisotopic (exact) mass is 492 g/mol. The molecule has 1 N–H and O–H groups in total. The van der Waals surface area contributed by atoms with Crippen LogP contribution in [0.1, 0.15) is 39.6 Å². The van der Waals surface area contributed by atoms with E-state index in [1.165, 1.54) is 23.0 Å². The Morgan fingerprint density at radius 2 is 1.94 bits per heavy atom. The van der Waals surface area contributed by atoms with E-state index >= 15 is 0 Å². The van der Waals surface area contributed by atoms with Crippen molar-refractivity contribution in [3.63, 3.8) is 0 Å².